The third kappa shape index (κ3) is 3.44. The first-order valence-electron chi connectivity index (χ1n) is 7.21. The molecule has 0 fully saturated rings. The van der Waals surface area contributed by atoms with Crippen molar-refractivity contribution in [2.24, 2.45) is 0 Å². The lowest BCUT2D eigenvalue weighted by Gasteiger charge is -2.11. The highest BCUT2D eigenvalue weighted by molar-refractivity contribution is 7.08. The average molecular weight is 289 g/mol. The van der Waals surface area contributed by atoms with Crippen LogP contribution in [0.1, 0.15) is 35.9 Å². The Morgan fingerprint density at radius 2 is 1.80 bits per heavy atom. The van der Waals surface area contributed by atoms with E-state index >= 15 is 0 Å². The number of nitrogens with one attached hydrogen (secondary N) is 1. The molecule has 108 valence electrons. The van der Waals surface area contributed by atoms with E-state index < -0.39 is 0 Å². The SMILES string of the molecule is CCNCCCc1c(C)nc(-c2cscc2C)nc1C. The third-order valence-electron chi connectivity index (χ3n) is 3.55. The van der Waals surface area contributed by atoms with Crippen molar-refractivity contribution in [2.45, 2.75) is 40.5 Å². The third-order valence-corrected chi connectivity index (χ3v) is 4.41. The normalized spacial score (nSPS) is 11.0. The Morgan fingerprint density at radius 3 is 2.35 bits per heavy atom. The van der Waals surface area contributed by atoms with Gasteiger partial charge in [-0.3, -0.25) is 0 Å². The first kappa shape index (κ1) is 15.1. The molecule has 2 heterocycles. The number of hydrogen-bond donors (Lipinski definition) is 1. The smallest absolute Gasteiger partial charge is 0.160 e. The second-order valence-electron chi connectivity index (χ2n) is 5.12. The summed E-state index contributed by atoms with van der Waals surface area (Å²) in [5.41, 5.74) is 5.97. The molecule has 0 saturated carbocycles. The number of nitrogens with zero attached hydrogens (tertiary/aromatic N) is 2. The molecule has 2 rings (SSSR count). The summed E-state index contributed by atoms with van der Waals surface area (Å²) >= 11 is 1.71. The summed E-state index contributed by atoms with van der Waals surface area (Å²) in [5.74, 6) is 0.870. The van der Waals surface area contributed by atoms with Gasteiger partial charge < -0.3 is 5.32 Å². The van der Waals surface area contributed by atoms with Crippen molar-refractivity contribution >= 4 is 11.3 Å². The Bertz CT molecular complexity index is 552. The predicted molar refractivity (Wildman–Crippen MR) is 86.4 cm³/mol. The number of aromatic nitrogens is 2. The molecule has 2 aromatic heterocycles. The molecule has 4 heteroatoms. The molecule has 3 nitrogen and oxygen atoms in total. The molecule has 0 atom stereocenters. The number of aryl methyl sites for hydroxylation is 3. The van der Waals surface area contributed by atoms with Gasteiger partial charge in [-0.25, -0.2) is 9.97 Å². The number of hydrogen-bond acceptors (Lipinski definition) is 4. The number of thiophene rings is 1. The van der Waals surface area contributed by atoms with Gasteiger partial charge in [0.2, 0.25) is 0 Å². The minimum absolute atomic E-state index is 0.870. The molecule has 0 spiro atoms. The first-order valence-corrected chi connectivity index (χ1v) is 8.15. The molecule has 0 amide bonds. The van der Waals surface area contributed by atoms with E-state index in [0.29, 0.717) is 0 Å². The van der Waals surface area contributed by atoms with Crippen LogP contribution in [0.4, 0.5) is 0 Å². The number of rotatable bonds is 6. The van der Waals surface area contributed by atoms with Gasteiger partial charge in [0.15, 0.2) is 5.82 Å². The Morgan fingerprint density at radius 1 is 1.10 bits per heavy atom. The van der Waals surface area contributed by atoms with E-state index in [1.165, 1.54) is 16.7 Å². The van der Waals surface area contributed by atoms with Gasteiger partial charge in [0, 0.05) is 22.3 Å². The molecule has 20 heavy (non-hydrogen) atoms. The van der Waals surface area contributed by atoms with Crippen LogP contribution >= 0.6 is 11.3 Å². The van der Waals surface area contributed by atoms with Crippen LogP contribution in [0.5, 0.6) is 0 Å². The van der Waals surface area contributed by atoms with Crippen molar-refractivity contribution in [2.75, 3.05) is 13.1 Å². The van der Waals surface area contributed by atoms with Crippen molar-refractivity contribution < 1.29 is 0 Å². The fourth-order valence-corrected chi connectivity index (χ4v) is 3.20. The van der Waals surface area contributed by atoms with Crippen LogP contribution in [0.25, 0.3) is 11.4 Å². The molecule has 0 aliphatic carbocycles. The van der Waals surface area contributed by atoms with Crippen LogP contribution in [-0.4, -0.2) is 23.1 Å². The van der Waals surface area contributed by atoms with Crippen molar-refractivity contribution in [3.05, 3.63) is 33.3 Å². The van der Waals surface area contributed by atoms with E-state index in [0.717, 1.165) is 43.1 Å². The molecule has 0 saturated heterocycles. The minimum Gasteiger partial charge on any atom is -0.317 e. The summed E-state index contributed by atoms with van der Waals surface area (Å²) in [6.07, 6.45) is 2.18. The Kier molecular flexibility index (Phi) is 5.26. The first-order chi connectivity index (χ1) is 9.63. The molecule has 0 aliphatic heterocycles. The maximum Gasteiger partial charge on any atom is 0.160 e. The van der Waals surface area contributed by atoms with Crippen molar-refractivity contribution in [1.82, 2.24) is 15.3 Å². The van der Waals surface area contributed by atoms with Crippen LogP contribution in [0.2, 0.25) is 0 Å². The lowest BCUT2D eigenvalue weighted by Crippen LogP contribution is -2.15. The van der Waals surface area contributed by atoms with E-state index in [1.54, 1.807) is 11.3 Å². The minimum atomic E-state index is 0.870. The molecule has 2 aromatic rings. The maximum atomic E-state index is 4.71. The largest absolute Gasteiger partial charge is 0.317 e. The lowest BCUT2D eigenvalue weighted by molar-refractivity contribution is 0.667. The Labute approximate surface area is 125 Å². The van der Waals surface area contributed by atoms with Gasteiger partial charge in [-0.2, -0.15) is 11.3 Å². The van der Waals surface area contributed by atoms with Crippen molar-refractivity contribution in [1.29, 1.82) is 0 Å². The summed E-state index contributed by atoms with van der Waals surface area (Å²) in [6, 6.07) is 0. The van der Waals surface area contributed by atoms with Gasteiger partial charge in [-0.15, -0.1) is 0 Å². The molecule has 0 unspecified atom stereocenters. The van der Waals surface area contributed by atoms with E-state index in [-0.39, 0.29) is 0 Å². The fourth-order valence-electron chi connectivity index (χ4n) is 2.38. The van der Waals surface area contributed by atoms with Crippen molar-refractivity contribution in [3.8, 4) is 11.4 Å². The van der Waals surface area contributed by atoms with E-state index in [1.807, 2.05) is 0 Å². The highest BCUT2D eigenvalue weighted by Gasteiger charge is 2.11. The van der Waals surface area contributed by atoms with Crippen molar-refractivity contribution in [3.63, 3.8) is 0 Å². The molecule has 1 N–H and O–H groups in total. The Balaban J connectivity index is 2.19. The topological polar surface area (TPSA) is 37.8 Å². The average Bonchev–Trinajstić information content (AvgIpc) is 2.83. The van der Waals surface area contributed by atoms with Crippen LogP contribution in [0.3, 0.4) is 0 Å². The summed E-state index contributed by atoms with van der Waals surface area (Å²) in [6.45, 7) is 10.5. The summed E-state index contributed by atoms with van der Waals surface area (Å²) in [7, 11) is 0. The van der Waals surface area contributed by atoms with Gasteiger partial charge in [-0.05, 0) is 63.2 Å². The molecule has 0 aromatic carbocycles. The molecule has 0 radical (unpaired) electrons. The van der Waals surface area contributed by atoms with Crippen LogP contribution in [0.15, 0.2) is 10.8 Å². The van der Waals surface area contributed by atoms with E-state index in [2.05, 4.69) is 43.8 Å². The van der Waals surface area contributed by atoms with Crippen LogP contribution in [-0.2, 0) is 6.42 Å². The highest BCUT2D eigenvalue weighted by atomic mass is 32.1. The van der Waals surface area contributed by atoms with Gasteiger partial charge in [0.1, 0.15) is 0 Å². The summed E-state index contributed by atoms with van der Waals surface area (Å²) in [5, 5.41) is 7.64. The zero-order valence-corrected chi connectivity index (χ0v) is 13.6. The lowest BCUT2D eigenvalue weighted by atomic mass is 10.1. The van der Waals surface area contributed by atoms with E-state index in [4.69, 9.17) is 9.97 Å². The molecular formula is C16H23N3S. The monoisotopic (exact) mass is 289 g/mol. The summed E-state index contributed by atoms with van der Waals surface area (Å²) in [4.78, 5) is 9.42. The van der Waals surface area contributed by atoms with Gasteiger partial charge >= 0.3 is 0 Å². The van der Waals surface area contributed by atoms with Gasteiger partial charge in [0.05, 0.1) is 0 Å². The van der Waals surface area contributed by atoms with Crippen LogP contribution < -0.4 is 5.32 Å². The molecule has 0 aliphatic rings. The standard InChI is InChI=1S/C16H23N3S/c1-5-17-8-6-7-14-12(3)18-16(19-13(14)4)15-10-20-9-11(15)2/h9-10,17H,5-8H2,1-4H3. The molecule has 0 bridgehead atoms. The quantitative estimate of drug-likeness (QED) is 0.824. The van der Waals surface area contributed by atoms with E-state index in [9.17, 15) is 0 Å². The zero-order chi connectivity index (χ0) is 14.5. The zero-order valence-electron chi connectivity index (χ0n) is 12.8. The van der Waals surface area contributed by atoms with Gasteiger partial charge in [-0.1, -0.05) is 6.92 Å². The predicted octanol–water partition coefficient (Wildman–Crippen LogP) is 3.67. The second-order valence-corrected chi connectivity index (χ2v) is 5.87. The fraction of sp³-hybridized carbons (Fsp3) is 0.500. The maximum absolute atomic E-state index is 4.71. The van der Waals surface area contributed by atoms with Crippen LogP contribution in [0, 0.1) is 20.8 Å². The highest BCUT2D eigenvalue weighted by Crippen LogP contribution is 2.25. The molecular weight excluding hydrogens is 266 g/mol. The summed E-state index contributed by atoms with van der Waals surface area (Å²) < 4.78 is 0. The Hall–Kier alpha value is -1.26. The second kappa shape index (κ2) is 6.95. The van der Waals surface area contributed by atoms with Gasteiger partial charge in [0.25, 0.3) is 0 Å².